The highest BCUT2D eigenvalue weighted by molar-refractivity contribution is 14.1. The van der Waals surface area contributed by atoms with Gasteiger partial charge in [-0.3, -0.25) is 9.59 Å². The Labute approximate surface area is 130 Å². The summed E-state index contributed by atoms with van der Waals surface area (Å²) in [4.78, 5) is 23.8. The van der Waals surface area contributed by atoms with Crippen LogP contribution in [-0.2, 0) is 9.59 Å². The Morgan fingerprint density at radius 1 is 1.10 bits per heavy atom. The van der Waals surface area contributed by atoms with Gasteiger partial charge in [-0.1, -0.05) is 12.2 Å². The topological polar surface area (TPSA) is 66.4 Å². The average Bonchev–Trinajstić information content (AvgIpc) is 3.01. The fraction of sp³-hybridized carbons (Fsp3) is 0.333. The molecule has 104 valence electrons. The molecule has 1 aromatic carbocycles. The Morgan fingerprint density at radius 3 is 2.30 bits per heavy atom. The quantitative estimate of drug-likeness (QED) is 0.623. The van der Waals surface area contributed by atoms with Gasteiger partial charge >= 0.3 is 5.97 Å². The number of amides is 1. The molecule has 0 radical (unpaired) electrons. The lowest BCUT2D eigenvalue weighted by atomic mass is 9.82. The first kappa shape index (κ1) is 13.6. The first-order valence-corrected chi connectivity index (χ1v) is 7.61. The molecule has 0 aromatic heterocycles. The molecule has 0 aliphatic heterocycles. The van der Waals surface area contributed by atoms with Gasteiger partial charge in [-0.15, -0.1) is 0 Å². The second-order valence-electron chi connectivity index (χ2n) is 5.33. The fourth-order valence-electron chi connectivity index (χ4n) is 3.28. The third-order valence-corrected chi connectivity index (χ3v) is 4.88. The minimum atomic E-state index is -0.871. The van der Waals surface area contributed by atoms with Gasteiger partial charge < -0.3 is 10.4 Å². The molecule has 1 aromatic rings. The normalized spacial score (nSPS) is 30.4. The third-order valence-electron chi connectivity index (χ3n) is 4.16. The zero-order valence-corrected chi connectivity index (χ0v) is 12.8. The van der Waals surface area contributed by atoms with Gasteiger partial charge in [0.05, 0.1) is 11.8 Å². The number of halogens is 1. The van der Waals surface area contributed by atoms with Crippen molar-refractivity contribution in [2.45, 2.75) is 6.42 Å². The number of benzene rings is 1. The van der Waals surface area contributed by atoms with Gasteiger partial charge in [0.2, 0.25) is 5.91 Å². The molecule has 2 aliphatic rings. The SMILES string of the molecule is O=C(O)[C@@H]1[C@H](C(=O)Nc2ccc(I)cc2)[C@@H]2C=C[C@@H]1C2. The summed E-state index contributed by atoms with van der Waals surface area (Å²) in [5.41, 5.74) is 0.714. The van der Waals surface area contributed by atoms with E-state index in [9.17, 15) is 14.7 Å². The lowest BCUT2D eigenvalue weighted by molar-refractivity contribution is -0.146. The number of rotatable bonds is 3. The van der Waals surface area contributed by atoms with Gasteiger partial charge in [0.15, 0.2) is 0 Å². The van der Waals surface area contributed by atoms with Crippen molar-refractivity contribution in [2.24, 2.45) is 23.7 Å². The Bertz CT molecular complexity index is 581. The van der Waals surface area contributed by atoms with Crippen molar-refractivity contribution in [1.29, 1.82) is 0 Å². The van der Waals surface area contributed by atoms with Gasteiger partial charge in [0.1, 0.15) is 0 Å². The molecule has 2 N–H and O–H groups in total. The number of hydrogen-bond donors (Lipinski definition) is 2. The molecule has 0 heterocycles. The van der Waals surface area contributed by atoms with E-state index in [4.69, 9.17) is 0 Å². The van der Waals surface area contributed by atoms with Crippen LogP contribution >= 0.6 is 22.6 Å². The number of nitrogens with one attached hydrogen (secondary N) is 1. The summed E-state index contributed by atoms with van der Waals surface area (Å²) in [6.07, 6.45) is 4.71. The maximum Gasteiger partial charge on any atom is 0.307 e. The summed E-state index contributed by atoms with van der Waals surface area (Å²) in [6, 6.07) is 7.48. The second kappa shape index (κ2) is 5.20. The van der Waals surface area contributed by atoms with Crippen molar-refractivity contribution in [1.82, 2.24) is 0 Å². The van der Waals surface area contributed by atoms with E-state index in [0.29, 0.717) is 5.69 Å². The number of anilines is 1. The van der Waals surface area contributed by atoms with E-state index in [1.54, 1.807) is 0 Å². The average molecular weight is 383 g/mol. The monoisotopic (exact) mass is 383 g/mol. The molecule has 4 nitrogen and oxygen atoms in total. The first-order valence-electron chi connectivity index (χ1n) is 6.54. The molecule has 1 amide bonds. The van der Waals surface area contributed by atoms with E-state index in [-0.39, 0.29) is 17.7 Å². The lowest BCUT2D eigenvalue weighted by Crippen LogP contribution is -2.36. The Morgan fingerprint density at radius 2 is 1.70 bits per heavy atom. The highest BCUT2D eigenvalue weighted by atomic mass is 127. The molecule has 1 saturated carbocycles. The fourth-order valence-corrected chi connectivity index (χ4v) is 3.63. The van der Waals surface area contributed by atoms with Crippen molar-refractivity contribution in [3.8, 4) is 0 Å². The Balaban J connectivity index is 1.78. The predicted molar refractivity (Wildman–Crippen MR) is 83.1 cm³/mol. The zero-order valence-electron chi connectivity index (χ0n) is 10.6. The lowest BCUT2D eigenvalue weighted by Gasteiger charge is -2.23. The molecular formula is C15H14INO3. The molecule has 2 aliphatic carbocycles. The van der Waals surface area contributed by atoms with E-state index >= 15 is 0 Å². The molecular weight excluding hydrogens is 369 g/mol. The molecule has 0 saturated heterocycles. The van der Waals surface area contributed by atoms with Gasteiger partial charge in [-0.2, -0.15) is 0 Å². The molecule has 2 bridgehead atoms. The minimum Gasteiger partial charge on any atom is -0.481 e. The van der Waals surface area contributed by atoms with Crippen LogP contribution in [0.25, 0.3) is 0 Å². The number of fused-ring (bicyclic) bond motifs is 2. The molecule has 20 heavy (non-hydrogen) atoms. The van der Waals surface area contributed by atoms with Gasteiger partial charge in [-0.05, 0) is 65.1 Å². The number of allylic oxidation sites excluding steroid dienone is 2. The highest BCUT2D eigenvalue weighted by Crippen LogP contribution is 2.48. The number of carbonyl (C=O) groups excluding carboxylic acids is 1. The van der Waals surface area contributed by atoms with Gasteiger partial charge in [0.25, 0.3) is 0 Å². The summed E-state index contributed by atoms with van der Waals surface area (Å²) in [7, 11) is 0. The number of aliphatic carboxylic acids is 1. The van der Waals surface area contributed by atoms with Crippen LogP contribution in [-0.4, -0.2) is 17.0 Å². The molecule has 0 spiro atoms. The maximum absolute atomic E-state index is 12.4. The van der Waals surface area contributed by atoms with Crippen LogP contribution in [0.1, 0.15) is 6.42 Å². The van der Waals surface area contributed by atoms with E-state index in [2.05, 4.69) is 27.9 Å². The van der Waals surface area contributed by atoms with Crippen LogP contribution < -0.4 is 5.32 Å². The first-order chi connectivity index (χ1) is 9.56. The van der Waals surface area contributed by atoms with Crippen molar-refractivity contribution in [3.63, 3.8) is 0 Å². The largest absolute Gasteiger partial charge is 0.481 e. The van der Waals surface area contributed by atoms with Crippen molar-refractivity contribution < 1.29 is 14.7 Å². The number of hydrogen-bond acceptors (Lipinski definition) is 2. The van der Waals surface area contributed by atoms with E-state index in [1.807, 2.05) is 36.4 Å². The van der Waals surface area contributed by atoms with E-state index in [0.717, 1.165) is 9.99 Å². The summed E-state index contributed by atoms with van der Waals surface area (Å²) < 4.78 is 1.09. The van der Waals surface area contributed by atoms with Crippen LogP contribution in [0.4, 0.5) is 5.69 Å². The zero-order chi connectivity index (χ0) is 14.3. The van der Waals surface area contributed by atoms with Crippen molar-refractivity contribution in [3.05, 3.63) is 40.0 Å². The molecule has 0 unspecified atom stereocenters. The summed E-state index contributed by atoms with van der Waals surface area (Å²) in [5, 5.41) is 12.2. The summed E-state index contributed by atoms with van der Waals surface area (Å²) in [5.74, 6) is -2.04. The van der Waals surface area contributed by atoms with Crippen LogP contribution in [0.15, 0.2) is 36.4 Å². The van der Waals surface area contributed by atoms with Crippen molar-refractivity contribution >= 4 is 40.2 Å². The van der Waals surface area contributed by atoms with E-state index in [1.165, 1.54) is 0 Å². The number of carboxylic acids is 1. The standard InChI is InChI=1S/C15H14INO3/c16-10-3-5-11(6-4-10)17-14(18)12-8-1-2-9(7-8)13(12)15(19)20/h1-6,8-9,12-13H,7H2,(H,17,18)(H,19,20)/t8-,9-,12-,13+/m1/s1. The van der Waals surface area contributed by atoms with E-state index < -0.39 is 17.8 Å². The van der Waals surface area contributed by atoms with Crippen LogP contribution in [0.5, 0.6) is 0 Å². The van der Waals surface area contributed by atoms with Gasteiger partial charge in [-0.25, -0.2) is 0 Å². The smallest absolute Gasteiger partial charge is 0.307 e. The third kappa shape index (κ3) is 2.34. The summed E-state index contributed by atoms with van der Waals surface area (Å²) >= 11 is 2.20. The second-order valence-corrected chi connectivity index (χ2v) is 6.58. The molecule has 4 atom stereocenters. The highest BCUT2D eigenvalue weighted by Gasteiger charge is 2.51. The number of carboxylic acid groups (broad SMARTS) is 1. The van der Waals surface area contributed by atoms with Crippen molar-refractivity contribution in [2.75, 3.05) is 5.32 Å². The molecule has 5 heteroatoms. The summed E-state index contributed by atoms with van der Waals surface area (Å²) in [6.45, 7) is 0. The maximum atomic E-state index is 12.4. The number of carbonyl (C=O) groups is 2. The Hall–Kier alpha value is -1.37. The minimum absolute atomic E-state index is 0.00460. The van der Waals surface area contributed by atoms with Gasteiger partial charge in [0, 0.05) is 9.26 Å². The van der Waals surface area contributed by atoms with Crippen LogP contribution in [0.3, 0.4) is 0 Å². The predicted octanol–water partition coefficient (Wildman–Crippen LogP) is 2.75. The molecule has 1 fully saturated rings. The molecule has 3 rings (SSSR count). The van der Waals surface area contributed by atoms with Crippen LogP contribution in [0, 0.1) is 27.2 Å². The Kier molecular flexibility index (Phi) is 3.54. The van der Waals surface area contributed by atoms with Crippen LogP contribution in [0.2, 0.25) is 0 Å².